The van der Waals surface area contributed by atoms with Gasteiger partial charge >= 0.3 is 0 Å². The maximum atomic E-state index is 12.2. The molecule has 5 nitrogen and oxygen atoms in total. The molecule has 1 saturated carbocycles. The van der Waals surface area contributed by atoms with Gasteiger partial charge < -0.3 is 4.98 Å². The van der Waals surface area contributed by atoms with Gasteiger partial charge in [0.15, 0.2) is 5.03 Å². The number of H-pyrrole nitrogens is 1. The quantitative estimate of drug-likeness (QED) is 0.656. The molecule has 0 aromatic carbocycles. The summed E-state index contributed by atoms with van der Waals surface area (Å²) in [4.78, 5) is 6.89. The molecule has 0 amide bonds. The Morgan fingerprint density at radius 3 is 2.78 bits per heavy atom. The van der Waals surface area contributed by atoms with Gasteiger partial charge in [-0.3, -0.25) is 0 Å². The predicted molar refractivity (Wildman–Crippen MR) is 73.2 cm³/mol. The zero-order valence-corrected chi connectivity index (χ0v) is 12.7. The van der Waals surface area contributed by atoms with Crippen LogP contribution in [0.4, 0.5) is 0 Å². The highest BCUT2D eigenvalue weighted by Crippen LogP contribution is 2.24. The molecule has 1 aliphatic carbocycles. The van der Waals surface area contributed by atoms with Crippen molar-refractivity contribution in [1.82, 2.24) is 14.7 Å². The normalized spacial score (nSPS) is 25.9. The van der Waals surface area contributed by atoms with E-state index in [0.717, 1.165) is 25.7 Å². The molecule has 2 rings (SSSR count). The lowest BCUT2D eigenvalue weighted by Crippen LogP contribution is -2.40. The number of rotatable bonds is 3. The maximum Gasteiger partial charge on any atom is 0.257 e. The summed E-state index contributed by atoms with van der Waals surface area (Å²) in [5, 5.41) is 0.143. The molecule has 2 unspecified atom stereocenters. The molecule has 0 bridgehead atoms. The zero-order chi connectivity index (χ0) is 13.2. The van der Waals surface area contributed by atoms with Crippen LogP contribution in [0.3, 0.4) is 0 Å². The molecule has 7 heteroatoms. The van der Waals surface area contributed by atoms with Gasteiger partial charge in [-0.15, -0.1) is 0 Å². The molecule has 18 heavy (non-hydrogen) atoms. The fourth-order valence-corrected chi connectivity index (χ4v) is 4.37. The third-order valence-corrected chi connectivity index (χ3v) is 5.70. The number of hydrogen-bond donors (Lipinski definition) is 2. The average molecular weight is 336 g/mol. The number of nitrogens with one attached hydrogen (secondary N) is 2. The monoisotopic (exact) mass is 335 g/mol. The van der Waals surface area contributed by atoms with E-state index >= 15 is 0 Å². The Labute approximate surface area is 116 Å². The summed E-state index contributed by atoms with van der Waals surface area (Å²) >= 11 is 3.58. The third-order valence-electron chi connectivity index (χ3n) is 3.21. The largest absolute Gasteiger partial charge is 0.332 e. The van der Waals surface area contributed by atoms with Gasteiger partial charge in [-0.25, -0.2) is 18.1 Å². The standard InChI is InChI=1S/C11H18BrN3O2S/c1-8-13-7-11(14-8)18(16,17)15-10-6-4-2-3-5-9(10)12/h7,9-10,15H,2-6H2,1H3,(H,13,14). The zero-order valence-electron chi connectivity index (χ0n) is 10.3. The van der Waals surface area contributed by atoms with Gasteiger partial charge in [0.1, 0.15) is 5.82 Å². The Balaban J connectivity index is 2.11. The Kier molecular flexibility index (Phi) is 4.45. The predicted octanol–water partition coefficient (Wildman–Crippen LogP) is 2.09. The van der Waals surface area contributed by atoms with Crippen LogP contribution in [0.5, 0.6) is 0 Å². The van der Waals surface area contributed by atoms with Crippen molar-refractivity contribution >= 4 is 26.0 Å². The Morgan fingerprint density at radius 1 is 1.39 bits per heavy atom. The molecule has 0 radical (unpaired) electrons. The van der Waals surface area contributed by atoms with Crippen molar-refractivity contribution in [3.05, 3.63) is 12.0 Å². The van der Waals surface area contributed by atoms with Crippen LogP contribution < -0.4 is 4.72 Å². The van der Waals surface area contributed by atoms with E-state index in [1.807, 2.05) is 0 Å². The van der Waals surface area contributed by atoms with Gasteiger partial charge in [-0.1, -0.05) is 35.2 Å². The number of aromatic nitrogens is 2. The van der Waals surface area contributed by atoms with Gasteiger partial charge in [-0.05, 0) is 19.8 Å². The number of aryl methyl sites for hydroxylation is 1. The average Bonchev–Trinajstić information content (AvgIpc) is 2.65. The van der Waals surface area contributed by atoms with Gasteiger partial charge in [0.05, 0.1) is 6.20 Å². The maximum absolute atomic E-state index is 12.2. The van der Waals surface area contributed by atoms with Crippen LogP contribution in [0, 0.1) is 6.92 Å². The minimum absolute atomic E-state index is 0.0406. The summed E-state index contributed by atoms with van der Waals surface area (Å²) < 4.78 is 27.1. The summed E-state index contributed by atoms with van der Waals surface area (Å²) in [6, 6.07) is -0.0406. The van der Waals surface area contributed by atoms with E-state index in [0.29, 0.717) is 5.82 Å². The lowest BCUT2D eigenvalue weighted by molar-refractivity contribution is 0.519. The van der Waals surface area contributed by atoms with E-state index in [1.54, 1.807) is 6.92 Å². The molecule has 0 saturated heterocycles. The van der Waals surface area contributed by atoms with E-state index in [9.17, 15) is 8.42 Å². The number of hydrogen-bond acceptors (Lipinski definition) is 3. The van der Waals surface area contributed by atoms with E-state index in [2.05, 4.69) is 30.6 Å². The van der Waals surface area contributed by atoms with Crippen molar-refractivity contribution in [3.63, 3.8) is 0 Å². The second-order valence-electron chi connectivity index (χ2n) is 4.71. The van der Waals surface area contributed by atoms with Crippen molar-refractivity contribution in [2.75, 3.05) is 0 Å². The molecular formula is C11H18BrN3O2S. The van der Waals surface area contributed by atoms with Crippen LogP contribution in [-0.4, -0.2) is 29.3 Å². The van der Waals surface area contributed by atoms with Gasteiger partial charge in [0.2, 0.25) is 0 Å². The smallest absolute Gasteiger partial charge is 0.257 e. The summed E-state index contributed by atoms with van der Waals surface area (Å²) in [7, 11) is -3.49. The third kappa shape index (κ3) is 3.33. The Morgan fingerprint density at radius 2 is 2.11 bits per heavy atom. The van der Waals surface area contributed by atoms with Crippen LogP contribution in [0.1, 0.15) is 37.9 Å². The number of nitrogens with zero attached hydrogens (tertiary/aromatic N) is 1. The number of alkyl halides is 1. The summed E-state index contributed by atoms with van der Waals surface area (Å²) in [5.41, 5.74) is 0. The highest BCUT2D eigenvalue weighted by atomic mass is 79.9. The van der Waals surface area contributed by atoms with E-state index in [-0.39, 0.29) is 15.9 Å². The molecule has 1 aliphatic rings. The molecule has 2 N–H and O–H groups in total. The topological polar surface area (TPSA) is 74.8 Å². The fraction of sp³-hybridized carbons (Fsp3) is 0.727. The lowest BCUT2D eigenvalue weighted by atomic mass is 10.1. The first-order chi connectivity index (χ1) is 8.49. The van der Waals surface area contributed by atoms with Crippen LogP contribution in [0.2, 0.25) is 0 Å². The van der Waals surface area contributed by atoms with Gasteiger partial charge in [0.25, 0.3) is 10.0 Å². The molecule has 1 heterocycles. The molecule has 0 spiro atoms. The van der Waals surface area contributed by atoms with E-state index in [4.69, 9.17) is 0 Å². The highest BCUT2D eigenvalue weighted by Gasteiger charge is 2.27. The Bertz CT molecular complexity index is 500. The highest BCUT2D eigenvalue weighted by molar-refractivity contribution is 9.09. The van der Waals surface area contributed by atoms with Crippen molar-refractivity contribution < 1.29 is 8.42 Å². The summed E-state index contributed by atoms with van der Waals surface area (Å²) in [6.07, 6.45) is 6.63. The summed E-state index contributed by atoms with van der Waals surface area (Å²) in [6.45, 7) is 1.73. The molecule has 1 aromatic rings. The first kappa shape index (κ1) is 14.0. The van der Waals surface area contributed by atoms with Crippen molar-refractivity contribution in [3.8, 4) is 0 Å². The van der Waals surface area contributed by atoms with E-state index < -0.39 is 10.0 Å². The van der Waals surface area contributed by atoms with Crippen LogP contribution in [0.25, 0.3) is 0 Å². The number of sulfonamides is 1. The first-order valence-electron chi connectivity index (χ1n) is 6.17. The molecule has 1 fully saturated rings. The van der Waals surface area contributed by atoms with Gasteiger partial charge in [-0.2, -0.15) is 0 Å². The van der Waals surface area contributed by atoms with Gasteiger partial charge in [0, 0.05) is 10.9 Å². The van der Waals surface area contributed by atoms with Crippen LogP contribution in [-0.2, 0) is 10.0 Å². The Hall–Kier alpha value is -0.400. The number of imidazole rings is 1. The minimum atomic E-state index is -3.49. The fourth-order valence-electron chi connectivity index (χ4n) is 2.19. The van der Waals surface area contributed by atoms with Crippen LogP contribution >= 0.6 is 15.9 Å². The molecule has 1 aromatic heterocycles. The number of halogens is 1. The summed E-state index contributed by atoms with van der Waals surface area (Å²) in [5.74, 6) is 0.603. The molecule has 0 aliphatic heterocycles. The van der Waals surface area contributed by atoms with Crippen LogP contribution in [0.15, 0.2) is 11.2 Å². The van der Waals surface area contributed by atoms with Crippen molar-refractivity contribution in [1.29, 1.82) is 0 Å². The molecule has 102 valence electrons. The lowest BCUT2D eigenvalue weighted by Gasteiger charge is -2.20. The molecular weight excluding hydrogens is 318 g/mol. The number of aromatic amines is 1. The second kappa shape index (κ2) is 5.71. The SMILES string of the molecule is Cc1ncc(S(=O)(=O)NC2CCCCCC2Br)[nH]1. The first-order valence-corrected chi connectivity index (χ1v) is 8.57. The van der Waals surface area contributed by atoms with Crippen molar-refractivity contribution in [2.24, 2.45) is 0 Å². The van der Waals surface area contributed by atoms with E-state index in [1.165, 1.54) is 12.6 Å². The minimum Gasteiger partial charge on any atom is -0.332 e. The molecule has 2 atom stereocenters. The second-order valence-corrected chi connectivity index (χ2v) is 7.57. The van der Waals surface area contributed by atoms with Crippen molar-refractivity contribution in [2.45, 2.75) is 54.9 Å².